The fourth-order valence-electron chi connectivity index (χ4n) is 2.69. The van der Waals surface area contributed by atoms with E-state index in [4.69, 9.17) is 18.6 Å². The summed E-state index contributed by atoms with van der Waals surface area (Å²) in [6.07, 6.45) is -0.172. The van der Waals surface area contributed by atoms with Gasteiger partial charge in [0, 0.05) is 6.07 Å². The lowest BCUT2D eigenvalue weighted by Gasteiger charge is -2.38. The average molecular weight is 360 g/mol. The highest BCUT2D eigenvalue weighted by molar-refractivity contribution is 5.92. The van der Waals surface area contributed by atoms with Crippen LogP contribution >= 0.6 is 0 Å². The maximum Gasteiger partial charge on any atom is 0.339 e. The van der Waals surface area contributed by atoms with Crippen LogP contribution in [0.2, 0.25) is 0 Å². The monoisotopic (exact) mass is 360 g/mol. The normalized spacial score (nSPS) is 13.7. The molecule has 138 valence electrons. The second-order valence-electron chi connectivity index (χ2n) is 5.84. The first-order valence-electron chi connectivity index (χ1n) is 8.05. The predicted octanol–water partition coefficient (Wildman–Crippen LogP) is 2.26. The molecule has 2 amide bonds. The van der Waals surface area contributed by atoms with E-state index in [0.717, 1.165) is 0 Å². The first-order valence-corrected chi connectivity index (χ1v) is 8.05. The molecule has 1 N–H and O–H groups in total. The molecule has 8 nitrogen and oxygen atoms in total. The molecule has 0 atom stereocenters. The van der Waals surface area contributed by atoms with Gasteiger partial charge in [0.25, 0.3) is 0 Å². The van der Waals surface area contributed by atoms with Crippen molar-refractivity contribution in [2.75, 3.05) is 32.6 Å². The molecule has 2 aromatic rings. The molecule has 1 aliphatic rings. The molecule has 1 fully saturated rings. The Labute approximate surface area is 150 Å². The van der Waals surface area contributed by atoms with Crippen LogP contribution in [0.1, 0.15) is 5.76 Å². The van der Waals surface area contributed by atoms with Gasteiger partial charge in [0.15, 0.2) is 11.5 Å². The molecule has 0 aliphatic carbocycles. The van der Waals surface area contributed by atoms with E-state index in [1.54, 1.807) is 36.1 Å². The molecule has 0 bridgehead atoms. The van der Waals surface area contributed by atoms with Crippen LogP contribution in [0.25, 0.3) is 0 Å². The van der Waals surface area contributed by atoms with E-state index in [-0.39, 0.29) is 12.1 Å². The van der Waals surface area contributed by atoms with Crippen LogP contribution in [0, 0.1) is 6.92 Å². The molecule has 26 heavy (non-hydrogen) atoms. The van der Waals surface area contributed by atoms with Crippen molar-refractivity contribution in [1.29, 1.82) is 0 Å². The number of likely N-dealkylation sites (tertiary alicyclic amines) is 1. The molecule has 0 spiro atoms. The number of nitrogens with one attached hydrogen (secondary N) is 1. The third-order valence-corrected chi connectivity index (χ3v) is 3.95. The van der Waals surface area contributed by atoms with Crippen LogP contribution in [0.4, 0.5) is 10.5 Å². The maximum atomic E-state index is 12.4. The van der Waals surface area contributed by atoms with Gasteiger partial charge in [-0.2, -0.15) is 0 Å². The number of carbonyl (C=O) groups is 1. The second kappa shape index (κ2) is 7.38. The Morgan fingerprint density at radius 1 is 1.23 bits per heavy atom. The molecule has 1 aromatic carbocycles. The Morgan fingerprint density at radius 3 is 2.65 bits per heavy atom. The third kappa shape index (κ3) is 3.74. The lowest BCUT2D eigenvalue weighted by atomic mass is 10.2. The van der Waals surface area contributed by atoms with Gasteiger partial charge in [0.05, 0.1) is 39.1 Å². The second-order valence-corrected chi connectivity index (χ2v) is 5.84. The summed E-state index contributed by atoms with van der Waals surface area (Å²) in [5.74, 6) is 1.92. The number of aryl methyl sites for hydroxylation is 1. The summed E-state index contributed by atoms with van der Waals surface area (Å²) in [6.45, 7) is 2.51. The zero-order valence-electron chi connectivity index (χ0n) is 14.8. The van der Waals surface area contributed by atoms with Crippen molar-refractivity contribution >= 4 is 11.7 Å². The minimum absolute atomic E-state index is 0.172. The van der Waals surface area contributed by atoms with E-state index in [1.807, 2.05) is 0 Å². The van der Waals surface area contributed by atoms with Crippen molar-refractivity contribution < 1.29 is 23.4 Å². The number of ether oxygens (including phenoxy) is 3. The van der Waals surface area contributed by atoms with Gasteiger partial charge in [-0.1, -0.05) is 6.07 Å². The van der Waals surface area contributed by atoms with Gasteiger partial charge in [-0.15, -0.1) is 0 Å². The summed E-state index contributed by atoms with van der Waals surface area (Å²) in [5, 5.41) is 2.80. The Balaban J connectivity index is 1.58. The molecule has 0 radical (unpaired) electrons. The summed E-state index contributed by atoms with van der Waals surface area (Å²) in [7, 11) is 3.05. The molecule has 1 aromatic heterocycles. The highest BCUT2D eigenvalue weighted by atomic mass is 16.5. The molecule has 3 rings (SSSR count). The Morgan fingerprint density at radius 2 is 2.00 bits per heavy atom. The van der Waals surface area contributed by atoms with Crippen molar-refractivity contribution in [2.45, 2.75) is 13.0 Å². The van der Waals surface area contributed by atoms with Crippen LogP contribution in [0.3, 0.4) is 0 Å². The minimum atomic E-state index is -0.459. The van der Waals surface area contributed by atoms with E-state index >= 15 is 0 Å². The minimum Gasteiger partial charge on any atom is -0.493 e. The SMILES string of the molecule is COc1cccc(NC(=O)N2CC(Oc3cc(C)oc(=O)c3)C2)c1OC. The summed E-state index contributed by atoms with van der Waals surface area (Å²) in [4.78, 5) is 25.3. The Kier molecular flexibility index (Phi) is 5.01. The maximum absolute atomic E-state index is 12.4. The van der Waals surface area contributed by atoms with Gasteiger partial charge in [0.2, 0.25) is 0 Å². The van der Waals surface area contributed by atoms with E-state index < -0.39 is 5.63 Å². The first kappa shape index (κ1) is 17.7. The number of urea groups is 1. The van der Waals surface area contributed by atoms with Crippen LogP contribution in [-0.4, -0.2) is 44.3 Å². The number of hydrogen-bond acceptors (Lipinski definition) is 6. The van der Waals surface area contributed by atoms with Gasteiger partial charge in [-0.05, 0) is 19.1 Å². The molecule has 0 unspecified atom stereocenters. The zero-order valence-corrected chi connectivity index (χ0v) is 14.8. The highest BCUT2D eigenvalue weighted by Crippen LogP contribution is 2.35. The Bertz CT molecular complexity index is 857. The van der Waals surface area contributed by atoms with E-state index in [1.165, 1.54) is 20.3 Å². The number of hydrogen-bond donors (Lipinski definition) is 1. The van der Waals surface area contributed by atoms with Gasteiger partial charge in [-0.3, -0.25) is 0 Å². The average Bonchev–Trinajstić information content (AvgIpc) is 2.56. The van der Waals surface area contributed by atoms with Gasteiger partial charge in [-0.25, -0.2) is 9.59 Å². The summed E-state index contributed by atoms with van der Waals surface area (Å²) >= 11 is 0. The lowest BCUT2D eigenvalue weighted by Crippen LogP contribution is -2.57. The molecular weight excluding hydrogens is 340 g/mol. The summed E-state index contributed by atoms with van der Waals surface area (Å²) < 4.78 is 21.1. The topological polar surface area (TPSA) is 90.2 Å². The quantitative estimate of drug-likeness (QED) is 0.880. The molecule has 1 aliphatic heterocycles. The predicted molar refractivity (Wildman–Crippen MR) is 94.3 cm³/mol. The van der Waals surface area contributed by atoms with E-state index in [2.05, 4.69) is 5.32 Å². The third-order valence-electron chi connectivity index (χ3n) is 3.95. The van der Waals surface area contributed by atoms with Crippen molar-refractivity contribution in [3.05, 3.63) is 46.5 Å². The number of nitrogens with zero attached hydrogens (tertiary/aromatic N) is 1. The number of rotatable bonds is 5. The van der Waals surface area contributed by atoms with Crippen molar-refractivity contribution in [1.82, 2.24) is 4.90 Å². The van der Waals surface area contributed by atoms with Gasteiger partial charge < -0.3 is 28.8 Å². The van der Waals surface area contributed by atoms with Crippen molar-refractivity contribution in [3.63, 3.8) is 0 Å². The summed E-state index contributed by atoms with van der Waals surface area (Å²) in [5.41, 5.74) is 0.0663. The fourth-order valence-corrected chi connectivity index (χ4v) is 2.69. The molecule has 0 saturated carbocycles. The molecule has 2 heterocycles. The molecule has 8 heteroatoms. The van der Waals surface area contributed by atoms with Crippen molar-refractivity contribution in [2.24, 2.45) is 0 Å². The van der Waals surface area contributed by atoms with Crippen LogP contribution in [0.5, 0.6) is 17.2 Å². The van der Waals surface area contributed by atoms with Gasteiger partial charge >= 0.3 is 11.7 Å². The largest absolute Gasteiger partial charge is 0.493 e. The van der Waals surface area contributed by atoms with Crippen LogP contribution in [-0.2, 0) is 0 Å². The van der Waals surface area contributed by atoms with Crippen LogP contribution < -0.4 is 25.2 Å². The number of benzene rings is 1. The van der Waals surface area contributed by atoms with Crippen molar-refractivity contribution in [3.8, 4) is 17.2 Å². The number of anilines is 1. The zero-order chi connectivity index (χ0) is 18.7. The lowest BCUT2D eigenvalue weighted by molar-refractivity contribution is 0.0487. The number of amides is 2. The van der Waals surface area contributed by atoms with Crippen LogP contribution in [0.15, 0.2) is 39.5 Å². The fraction of sp³-hybridized carbons (Fsp3) is 0.333. The van der Waals surface area contributed by atoms with E-state index in [0.29, 0.717) is 41.8 Å². The number of methoxy groups -OCH3 is 2. The highest BCUT2D eigenvalue weighted by Gasteiger charge is 2.33. The smallest absolute Gasteiger partial charge is 0.339 e. The standard InChI is InChI=1S/C18H20N2O6/c1-11-7-12(8-16(21)25-11)26-13-9-20(10-13)18(22)19-14-5-4-6-15(23-2)17(14)24-3/h4-8,13H,9-10H2,1-3H3,(H,19,22). The first-order chi connectivity index (χ1) is 12.5. The number of carbonyl (C=O) groups excluding carboxylic acids is 1. The molecule has 1 saturated heterocycles. The molecular formula is C18H20N2O6. The number of para-hydroxylation sites is 1. The van der Waals surface area contributed by atoms with Gasteiger partial charge in [0.1, 0.15) is 17.6 Å². The summed E-state index contributed by atoms with van der Waals surface area (Å²) in [6, 6.07) is 7.92. The van der Waals surface area contributed by atoms with E-state index in [9.17, 15) is 9.59 Å². The Hall–Kier alpha value is -3.16.